The second kappa shape index (κ2) is 10.3. The number of aromatic nitrogens is 1. The van der Waals surface area contributed by atoms with Gasteiger partial charge in [-0.3, -0.25) is 9.69 Å². The van der Waals surface area contributed by atoms with Crippen LogP contribution < -0.4 is 4.90 Å². The highest BCUT2D eigenvalue weighted by molar-refractivity contribution is 6.31. The third-order valence-electron chi connectivity index (χ3n) is 7.30. The molecule has 5 rings (SSSR count). The minimum absolute atomic E-state index is 0.0721. The number of anilines is 1. The average molecular weight is 564 g/mol. The van der Waals surface area contributed by atoms with Gasteiger partial charge >= 0.3 is 6.18 Å². The SMILES string of the molecule is O=C(c1ccnc(Cl)c1)N1CC2(CCN(CC=Cc3ccc(F)cc3C(F)(F)F)CC2)c2cc(Cl)ccc21. The van der Waals surface area contributed by atoms with Gasteiger partial charge in [0.2, 0.25) is 0 Å². The number of fused-ring (bicyclic) bond motifs is 2. The van der Waals surface area contributed by atoms with Crippen molar-refractivity contribution in [2.75, 3.05) is 31.1 Å². The lowest BCUT2D eigenvalue weighted by Gasteiger charge is -2.39. The van der Waals surface area contributed by atoms with Crippen molar-refractivity contribution in [2.24, 2.45) is 0 Å². The van der Waals surface area contributed by atoms with Crippen molar-refractivity contribution in [3.8, 4) is 0 Å². The van der Waals surface area contributed by atoms with Crippen LogP contribution in [0, 0.1) is 5.82 Å². The largest absolute Gasteiger partial charge is 0.417 e. The van der Waals surface area contributed by atoms with Gasteiger partial charge in [-0.15, -0.1) is 0 Å². The Morgan fingerprint density at radius 1 is 1.05 bits per heavy atom. The standard InChI is InChI=1S/C28H23Cl2F4N3O/c29-20-4-6-24-23(15-20)27(17-37(24)26(38)19-7-10-35-25(30)14-19)8-12-36(13-9-27)11-1-2-18-3-5-21(31)16-22(18)28(32,33)34/h1-7,10,14-16H,8-9,11-13,17H2. The molecule has 0 saturated carbocycles. The van der Waals surface area contributed by atoms with E-state index in [4.69, 9.17) is 23.2 Å². The van der Waals surface area contributed by atoms with Crippen molar-refractivity contribution < 1.29 is 22.4 Å². The van der Waals surface area contributed by atoms with E-state index in [9.17, 15) is 22.4 Å². The summed E-state index contributed by atoms with van der Waals surface area (Å²) in [6, 6.07) is 11.4. The first-order valence-corrected chi connectivity index (χ1v) is 12.8. The van der Waals surface area contributed by atoms with Crippen LogP contribution in [0.15, 0.2) is 60.8 Å². The Morgan fingerprint density at radius 2 is 1.82 bits per heavy atom. The molecule has 0 atom stereocenters. The number of benzene rings is 2. The van der Waals surface area contributed by atoms with Gasteiger partial charge in [0.15, 0.2) is 0 Å². The molecular weight excluding hydrogens is 541 g/mol. The fourth-order valence-corrected chi connectivity index (χ4v) is 5.70. The number of carbonyl (C=O) groups excluding carboxylic acids is 1. The normalized spacial score (nSPS) is 17.4. The molecule has 0 unspecified atom stereocenters. The molecule has 1 fully saturated rings. The zero-order chi connectivity index (χ0) is 27.1. The molecular formula is C28H23Cl2F4N3O. The van der Waals surface area contributed by atoms with Crippen molar-refractivity contribution in [3.63, 3.8) is 0 Å². The quantitative estimate of drug-likeness (QED) is 0.248. The molecule has 1 spiro atoms. The number of hydrogen-bond donors (Lipinski definition) is 0. The third kappa shape index (κ3) is 5.30. The number of pyridine rings is 1. The van der Waals surface area contributed by atoms with E-state index in [1.165, 1.54) is 12.3 Å². The first-order chi connectivity index (χ1) is 18.1. The van der Waals surface area contributed by atoms with E-state index < -0.39 is 17.6 Å². The van der Waals surface area contributed by atoms with Gasteiger partial charge < -0.3 is 4.90 Å². The van der Waals surface area contributed by atoms with E-state index in [1.54, 1.807) is 29.2 Å². The molecule has 0 aliphatic carbocycles. The second-order valence-corrected chi connectivity index (χ2v) is 10.5. The van der Waals surface area contributed by atoms with E-state index in [1.807, 2.05) is 12.1 Å². The van der Waals surface area contributed by atoms with Crippen LogP contribution in [-0.2, 0) is 11.6 Å². The predicted molar refractivity (Wildman–Crippen MR) is 140 cm³/mol. The molecule has 0 radical (unpaired) electrons. The number of carbonyl (C=O) groups is 1. The number of rotatable bonds is 4. The maximum absolute atomic E-state index is 13.4. The summed E-state index contributed by atoms with van der Waals surface area (Å²) in [5, 5.41) is 0.833. The molecule has 4 nitrogen and oxygen atoms in total. The Bertz CT molecular complexity index is 1400. The molecule has 1 saturated heterocycles. The molecule has 198 valence electrons. The minimum atomic E-state index is -4.64. The maximum Gasteiger partial charge on any atom is 0.417 e. The average Bonchev–Trinajstić information content (AvgIpc) is 3.18. The number of alkyl halides is 3. The molecule has 2 aromatic carbocycles. The summed E-state index contributed by atoms with van der Waals surface area (Å²) >= 11 is 12.4. The highest BCUT2D eigenvalue weighted by atomic mass is 35.5. The van der Waals surface area contributed by atoms with E-state index >= 15 is 0 Å². The van der Waals surface area contributed by atoms with Crippen LogP contribution >= 0.6 is 23.2 Å². The van der Waals surface area contributed by atoms with E-state index in [0.29, 0.717) is 42.8 Å². The predicted octanol–water partition coefficient (Wildman–Crippen LogP) is 7.25. The van der Waals surface area contributed by atoms with Crippen LogP contribution in [0.2, 0.25) is 10.2 Å². The molecule has 1 amide bonds. The number of amides is 1. The van der Waals surface area contributed by atoms with Crippen molar-refractivity contribution in [1.82, 2.24) is 9.88 Å². The van der Waals surface area contributed by atoms with Crippen molar-refractivity contribution in [2.45, 2.75) is 24.4 Å². The lowest BCUT2D eigenvalue weighted by Crippen LogP contribution is -2.46. The topological polar surface area (TPSA) is 36.4 Å². The summed E-state index contributed by atoms with van der Waals surface area (Å²) in [5.41, 5.74) is 0.937. The smallest absolute Gasteiger partial charge is 0.307 e. The van der Waals surface area contributed by atoms with Crippen LogP contribution in [0.5, 0.6) is 0 Å². The minimum Gasteiger partial charge on any atom is -0.307 e. The molecule has 1 aromatic heterocycles. The number of nitrogens with zero attached hydrogens (tertiary/aromatic N) is 3. The van der Waals surface area contributed by atoms with Gasteiger partial charge in [0, 0.05) is 41.0 Å². The van der Waals surface area contributed by atoms with Crippen molar-refractivity contribution >= 4 is 40.9 Å². The van der Waals surface area contributed by atoms with Crippen molar-refractivity contribution in [3.05, 3.63) is 99.1 Å². The lowest BCUT2D eigenvalue weighted by molar-refractivity contribution is -0.137. The van der Waals surface area contributed by atoms with Crippen LogP contribution in [0.4, 0.5) is 23.2 Å². The Kier molecular flexibility index (Phi) is 7.24. The summed E-state index contributed by atoms with van der Waals surface area (Å²) in [6.45, 7) is 2.32. The number of hydrogen-bond acceptors (Lipinski definition) is 3. The number of piperidine rings is 1. The van der Waals surface area contributed by atoms with Crippen molar-refractivity contribution in [1.29, 1.82) is 0 Å². The van der Waals surface area contributed by atoms with Gasteiger partial charge in [-0.05, 0) is 79.5 Å². The van der Waals surface area contributed by atoms with Crippen LogP contribution in [-0.4, -0.2) is 42.0 Å². The first-order valence-electron chi connectivity index (χ1n) is 12.0. The molecule has 0 N–H and O–H groups in total. The summed E-state index contributed by atoms with van der Waals surface area (Å²) < 4.78 is 53.2. The fourth-order valence-electron chi connectivity index (χ4n) is 5.35. The summed E-state index contributed by atoms with van der Waals surface area (Å²) in [7, 11) is 0. The lowest BCUT2D eigenvalue weighted by atomic mass is 9.74. The second-order valence-electron chi connectivity index (χ2n) is 9.63. The summed E-state index contributed by atoms with van der Waals surface area (Å²) in [6.07, 6.45) is 1.42. The van der Waals surface area contributed by atoms with Crippen LogP contribution in [0.3, 0.4) is 0 Å². The molecule has 3 aromatic rings. The maximum atomic E-state index is 13.4. The van der Waals surface area contributed by atoms with Gasteiger partial charge in [0.05, 0.1) is 5.56 Å². The van der Waals surface area contributed by atoms with Gasteiger partial charge in [-0.2, -0.15) is 13.2 Å². The number of likely N-dealkylation sites (tertiary alicyclic amines) is 1. The Labute approximate surface area is 227 Å². The summed E-state index contributed by atoms with van der Waals surface area (Å²) in [4.78, 5) is 21.3. The molecule has 38 heavy (non-hydrogen) atoms. The number of halogens is 6. The third-order valence-corrected chi connectivity index (χ3v) is 7.74. The van der Waals surface area contributed by atoms with E-state index in [2.05, 4.69) is 9.88 Å². The van der Waals surface area contributed by atoms with Crippen LogP contribution in [0.1, 0.15) is 39.9 Å². The van der Waals surface area contributed by atoms with Gasteiger partial charge in [-0.1, -0.05) is 41.4 Å². The van der Waals surface area contributed by atoms with E-state index in [-0.39, 0.29) is 22.0 Å². The Balaban J connectivity index is 1.31. The molecule has 2 aliphatic rings. The fraction of sp³-hybridized carbons (Fsp3) is 0.286. The Morgan fingerprint density at radius 3 is 2.53 bits per heavy atom. The molecule has 2 aliphatic heterocycles. The Hall–Kier alpha value is -2.94. The molecule has 10 heteroatoms. The zero-order valence-corrected chi connectivity index (χ0v) is 21.6. The molecule has 0 bridgehead atoms. The summed E-state index contributed by atoms with van der Waals surface area (Å²) in [5.74, 6) is -1.09. The van der Waals surface area contributed by atoms with Gasteiger partial charge in [0.25, 0.3) is 5.91 Å². The first kappa shape index (κ1) is 26.7. The molecule has 3 heterocycles. The highest BCUT2D eigenvalue weighted by Gasteiger charge is 2.46. The van der Waals surface area contributed by atoms with Gasteiger partial charge in [0.1, 0.15) is 11.0 Å². The highest BCUT2D eigenvalue weighted by Crippen LogP contribution is 2.48. The van der Waals surface area contributed by atoms with Gasteiger partial charge in [-0.25, -0.2) is 9.37 Å². The van der Waals surface area contributed by atoms with E-state index in [0.717, 1.165) is 36.2 Å². The van der Waals surface area contributed by atoms with Crippen LogP contribution in [0.25, 0.3) is 6.08 Å². The zero-order valence-electron chi connectivity index (χ0n) is 20.1. The monoisotopic (exact) mass is 563 g/mol.